The molecule has 0 aromatic carbocycles. The summed E-state index contributed by atoms with van der Waals surface area (Å²) < 4.78 is 5.20. The molecule has 1 N–H and O–H groups in total. The standard InChI is InChI=1S/C21H23N3O3S2/c1-14-23-17(13-28-14)19-7-6-16(29-19)8-9-22-20(25)15-4-2-10-24(12-15)21(26)18-5-3-11-27-18/h3,5-7,11,13,15H,2,4,8-10,12H2,1H3,(H,22,25)/t15-/m1/s1. The average molecular weight is 430 g/mol. The number of nitrogens with zero attached hydrogens (tertiary/aromatic N) is 2. The third-order valence-electron chi connectivity index (χ3n) is 5.02. The highest BCUT2D eigenvalue weighted by molar-refractivity contribution is 7.16. The van der Waals surface area contributed by atoms with E-state index in [2.05, 4.69) is 27.8 Å². The summed E-state index contributed by atoms with van der Waals surface area (Å²) >= 11 is 3.37. The van der Waals surface area contributed by atoms with E-state index in [1.165, 1.54) is 11.1 Å². The number of carbonyl (C=O) groups excluding carboxylic acids is 2. The van der Waals surface area contributed by atoms with Gasteiger partial charge < -0.3 is 14.6 Å². The summed E-state index contributed by atoms with van der Waals surface area (Å²) in [4.78, 5) is 33.7. The average Bonchev–Trinajstić information content (AvgIpc) is 3.49. The van der Waals surface area contributed by atoms with Crippen molar-refractivity contribution in [2.45, 2.75) is 26.2 Å². The molecule has 1 atom stereocenters. The molecule has 0 saturated carbocycles. The molecule has 1 aliphatic heterocycles. The maximum Gasteiger partial charge on any atom is 0.289 e. The maximum atomic E-state index is 12.6. The Morgan fingerprint density at radius 3 is 3.00 bits per heavy atom. The SMILES string of the molecule is Cc1nc(-c2ccc(CCNC(=O)[C@@H]3CCCN(C(=O)c4ccco4)C3)s2)cs1. The molecular weight excluding hydrogens is 406 g/mol. The Morgan fingerprint density at radius 1 is 1.34 bits per heavy atom. The van der Waals surface area contributed by atoms with Gasteiger partial charge in [0.05, 0.1) is 27.8 Å². The first-order valence-corrected chi connectivity index (χ1v) is 11.4. The second-order valence-electron chi connectivity index (χ2n) is 7.13. The third kappa shape index (κ3) is 4.76. The van der Waals surface area contributed by atoms with E-state index in [1.54, 1.807) is 39.7 Å². The number of likely N-dealkylation sites (tertiary alicyclic amines) is 1. The van der Waals surface area contributed by atoms with Crippen LogP contribution >= 0.6 is 22.7 Å². The van der Waals surface area contributed by atoms with Gasteiger partial charge in [-0.05, 0) is 50.5 Å². The van der Waals surface area contributed by atoms with Gasteiger partial charge in [-0.25, -0.2) is 4.98 Å². The number of piperidine rings is 1. The number of thiophene rings is 1. The molecule has 2 amide bonds. The topological polar surface area (TPSA) is 75.4 Å². The second-order valence-corrected chi connectivity index (χ2v) is 9.36. The highest BCUT2D eigenvalue weighted by Crippen LogP contribution is 2.29. The van der Waals surface area contributed by atoms with Crippen molar-refractivity contribution < 1.29 is 14.0 Å². The number of nitrogens with one attached hydrogen (secondary N) is 1. The fourth-order valence-corrected chi connectivity index (χ4v) is 5.17. The number of rotatable bonds is 6. The Morgan fingerprint density at radius 2 is 2.24 bits per heavy atom. The molecule has 0 unspecified atom stereocenters. The van der Waals surface area contributed by atoms with Crippen molar-refractivity contribution in [2.24, 2.45) is 5.92 Å². The summed E-state index contributed by atoms with van der Waals surface area (Å²) in [6, 6.07) is 7.56. The summed E-state index contributed by atoms with van der Waals surface area (Å²) in [5, 5.41) is 6.18. The molecule has 29 heavy (non-hydrogen) atoms. The third-order valence-corrected chi connectivity index (χ3v) is 6.96. The van der Waals surface area contributed by atoms with Crippen molar-refractivity contribution in [3.63, 3.8) is 0 Å². The zero-order valence-electron chi connectivity index (χ0n) is 16.2. The molecule has 0 spiro atoms. The van der Waals surface area contributed by atoms with Gasteiger partial charge in [-0.3, -0.25) is 9.59 Å². The lowest BCUT2D eigenvalue weighted by atomic mass is 9.97. The summed E-state index contributed by atoms with van der Waals surface area (Å²) in [5.74, 6) is 0.0409. The lowest BCUT2D eigenvalue weighted by Gasteiger charge is -2.31. The number of amides is 2. The number of carbonyl (C=O) groups is 2. The summed E-state index contributed by atoms with van der Waals surface area (Å²) in [7, 11) is 0. The highest BCUT2D eigenvalue weighted by atomic mass is 32.1. The molecule has 3 aromatic rings. The van der Waals surface area contributed by atoms with Gasteiger partial charge in [0.1, 0.15) is 0 Å². The minimum Gasteiger partial charge on any atom is -0.459 e. The first-order valence-electron chi connectivity index (χ1n) is 9.72. The fourth-order valence-electron chi connectivity index (χ4n) is 3.51. The molecule has 0 bridgehead atoms. The zero-order chi connectivity index (χ0) is 20.2. The molecule has 1 fully saturated rings. The Hall–Kier alpha value is -2.45. The van der Waals surface area contributed by atoms with Gasteiger partial charge in [-0.15, -0.1) is 22.7 Å². The van der Waals surface area contributed by atoms with Crippen molar-refractivity contribution in [3.05, 3.63) is 51.6 Å². The van der Waals surface area contributed by atoms with Crippen LogP contribution < -0.4 is 5.32 Å². The van der Waals surface area contributed by atoms with Crippen LogP contribution in [0.25, 0.3) is 10.6 Å². The van der Waals surface area contributed by atoms with Crippen LogP contribution in [0.15, 0.2) is 40.3 Å². The number of hydrogen-bond acceptors (Lipinski definition) is 6. The van der Waals surface area contributed by atoms with Crippen LogP contribution in [0.1, 0.15) is 33.3 Å². The van der Waals surface area contributed by atoms with Crippen molar-refractivity contribution in [1.82, 2.24) is 15.2 Å². The number of aryl methyl sites for hydroxylation is 1. The van der Waals surface area contributed by atoms with E-state index >= 15 is 0 Å². The van der Waals surface area contributed by atoms with Gasteiger partial charge in [0.25, 0.3) is 5.91 Å². The maximum absolute atomic E-state index is 12.6. The van der Waals surface area contributed by atoms with Crippen LogP contribution in [0.3, 0.4) is 0 Å². The zero-order valence-corrected chi connectivity index (χ0v) is 17.9. The largest absolute Gasteiger partial charge is 0.459 e. The Kier molecular flexibility index (Phi) is 6.10. The fraction of sp³-hybridized carbons (Fsp3) is 0.381. The number of furan rings is 1. The van der Waals surface area contributed by atoms with Crippen LogP contribution in [0.5, 0.6) is 0 Å². The number of thiazole rings is 1. The monoisotopic (exact) mass is 429 g/mol. The minimum absolute atomic E-state index is 0.0221. The van der Waals surface area contributed by atoms with Crippen molar-refractivity contribution in [3.8, 4) is 10.6 Å². The molecule has 8 heteroatoms. The van der Waals surface area contributed by atoms with E-state index in [-0.39, 0.29) is 17.7 Å². The van der Waals surface area contributed by atoms with Gasteiger partial charge in [0.15, 0.2) is 5.76 Å². The van der Waals surface area contributed by atoms with E-state index in [1.807, 2.05) is 6.92 Å². The lowest BCUT2D eigenvalue weighted by Crippen LogP contribution is -2.45. The predicted molar refractivity (Wildman–Crippen MR) is 114 cm³/mol. The summed E-state index contributed by atoms with van der Waals surface area (Å²) in [5.41, 5.74) is 1.02. The lowest BCUT2D eigenvalue weighted by molar-refractivity contribution is -0.126. The van der Waals surface area contributed by atoms with Crippen molar-refractivity contribution >= 4 is 34.5 Å². The normalized spacial score (nSPS) is 16.7. The van der Waals surface area contributed by atoms with Crippen LogP contribution in [0, 0.1) is 12.8 Å². The van der Waals surface area contributed by atoms with Gasteiger partial charge in [0, 0.05) is 29.9 Å². The number of hydrogen-bond donors (Lipinski definition) is 1. The first-order chi connectivity index (χ1) is 14.1. The second kappa shape index (κ2) is 8.92. The quantitative estimate of drug-likeness (QED) is 0.643. The summed E-state index contributed by atoms with van der Waals surface area (Å²) in [6.07, 6.45) is 3.92. The van der Waals surface area contributed by atoms with Crippen LogP contribution in [0.2, 0.25) is 0 Å². The Labute approximate surface area is 177 Å². The van der Waals surface area contributed by atoms with E-state index < -0.39 is 0 Å². The number of aromatic nitrogens is 1. The smallest absolute Gasteiger partial charge is 0.289 e. The first kappa shape index (κ1) is 19.8. The van der Waals surface area contributed by atoms with Crippen LogP contribution in [0.4, 0.5) is 0 Å². The molecular formula is C21H23N3O3S2. The molecule has 4 rings (SSSR count). The van der Waals surface area contributed by atoms with Gasteiger partial charge in [0.2, 0.25) is 5.91 Å². The molecule has 0 aliphatic carbocycles. The summed E-state index contributed by atoms with van der Waals surface area (Å²) in [6.45, 7) is 3.71. The predicted octanol–water partition coefficient (Wildman–Crippen LogP) is 3.98. The minimum atomic E-state index is -0.167. The molecule has 1 saturated heterocycles. The van der Waals surface area contributed by atoms with E-state index in [9.17, 15) is 9.59 Å². The highest BCUT2D eigenvalue weighted by Gasteiger charge is 2.29. The Balaban J connectivity index is 1.26. The van der Waals surface area contributed by atoms with Crippen LogP contribution in [-0.4, -0.2) is 41.3 Å². The van der Waals surface area contributed by atoms with Gasteiger partial charge in [-0.2, -0.15) is 0 Å². The van der Waals surface area contributed by atoms with Gasteiger partial charge in [-0.1, -0.05) is 0 Å². The molecule has 4 heterocycles. The molecule has 0 radical (unpaired) electrons. The van der Waals surface area contributed by atoms with Crippen LogP contribution in [-0.2, 0) is 11.2 Å². The van der Waals surface area contributed by atoms with Crippen molar-refractivity contribution in [1.29, 1.82) is 0 Å². The van der Waals surface area contributed by atoms with Crippen molar-refractivity contribution in [2.75, 3.05) is 19.6 Å². The molecule has 1 aliphatic rings. The van der Waals surface area contributed by atoms with E-state index in [4.69, 9.17) is 4.42 Å². The molecule has 6 nitrogen and oxygen atoms in total. The Bertz CT molecular complexity index is 977. The van der Waals surface area contributed by atoms with E-state index in [0.29, 0.717) is 25.4 Å². The molecule has 152 valence electrons. The van der Waals surface area contributed by atoms with E-state index in [0.717, 1.165) is 34.8 Å². The van der Waals surface area contributed by atoms with Gasteiger partial charge >= 0.3 is 0 Å². The molecule has 3 aromatic heterocycles.